The predicted molar refractivity (Wildman–Crippen MR) is 107 cm³/mol. The van der Waals surface area contributed by atoms with Gasteiger partial charge in [-0.2, -0.15) is 4.99 Å². The van der Waals surface area contributed by atoms with E-state index in [1.807, 2.05) is 6.92 Å². The van der Waals surface area contributed by atoms with Gasteiger partial charge in [0, 0.05) is 17.1 Å². The highest BCUT2D eigenvalue weighted by molar-refractivity contribution is 7.92. The number of carbonyl (C=O) groups is 1. The van der Waals surface area contributed by atoms with Gasteiger partial charge in [-0.15, -0.1) is 0 Å². The second kappa shape index (κ2) is 8.97. The largest absolute Gasteiger partial charge is 0.370 e. The number of nitrogens with two attached hydrogens (primary N) is 2. The molecule has 0 aromatic heterocycles. The zero-order chi connectivity index (χ0) is 20.2. The van der Waals surface area contributed by atoms with E-state index in [0.29, 0.717) is 12.0 Å². The number of guanidine groups is 1. The third-order valence-corrected chi connectivity index (χ3v) is 7.85. The average molecular weight is 414 g/mol. The molecular weight excluding hydrogens is 386 g/mol. The topological polar surface area (TPSA) is 133 Å². The van der Waals surface area contributed by atoms with Crippen LogP contribution in [0.5, 0.6) is 0 Å². The van der Waals surface area contributed by atoms with Crippen molar-refractivity contribution < 1.29 is 17.4 Å². The van der Waals surface area contributed by atoms with Crippen molar-refractivity contribution in [3.05, 3.63) is 23.3 Å². The molecule has 1 atom stereocenters. The first kappa shape index (κ1) is 21.6. The minimum absolute atomic E-state index is 0.0723. The number of hydrogen-bond acceptors (Lipinski definition) is 4. The number of nitrogens with zero attached hydrogens (tertiary/aromatic N) is 1. The van der Waals surface area contributed by atoms with Crippen LogP contribution in [-0.4, -0.2) is 36.0 Å². The molecule has 1 amide bonds. The van der Waals surface area contributed by atoms with Gasteiger partial charge in [-0.25, -0.2) is 8.42 Å². The molecule has 1 saturated carbocycles. The van der Waals surface area contributed by atoms with Crippen LogP contribution in [0.15, 0.2) is 26.9 Å². The Morgan fingerprint density at radius 1 is 1.19 bits per heavy atom. The summed E-state index contributed by atoms with van der Waals surface area (Å²) in [4.78, 5) is 16.0. The maximum Gasteiger partial charge on any atom is 0.280 e. The number of aliphatic imine (C=N–C) groups is 1. The summed E-state index contributed by atoms with van der Waals surface area (Å²) in [6.07, 6.45) is 7.34. The smallest absolute Gasteiger partial charge is 0.280 e. The molecule has 1 aromatic rings. The van der Waals surface area contributed by atoms with Crippen LogP contribution in [-0.2, 0) is 27.1 Å². The number of amides is 1. The fourth-order valence-corrected chi connectivity index (χ4v) is 6.45. The van der Waals surface area contributed by atoms with E-state index in [-0.39, 0.29) is 20.6 Å². The monoisotopic (exact) mass is 413 g/mol. The number of benzene rings is 1. The molecule has 0 radical (unpaired) electrons. The van der Waals surface area contributed by atoms with Crippen LogP contribution in [0.25, 0.3) is 0 Å². The average Bonchev–Trinajstić information content (AvgIpc) is 2.87. The highest BCUT2D eigenvalue weighted by Gasteiger charge is 2.27. The summed E-state index contributed by atoms with van der Waals surface area (Å²) < 4.78 is 38.0. The Kier molecular flexibility index (Phi) is 7.16. The van der Waals surface area contributed by atoms with E-state index in [4.69, 9.17) is 11.5 Å². The standard InChI is InChI=1S/C18H27N3O4S2/c1-3-12-10-15(26(23)13-8-6-4-5-7-9-13)16(27(2,24)25)11-14(12)17(22)21-18(19)20/h10-11,13H,3-9H2,1-2H3,(H4,19,20,21,22). The lowest BCUT2D eigenvalue weighted by Gasteiger charge is -2.18. The summed E-state index contributed by atoms with van der Waals surface area (Å²) in [5.74, 6) is -1.10. The lowest BCUT2D eigenvalue weighted by molar-refractivity contribution is 0.100. The van der Waals surface area contributed by atoms with Gasteiger partial charge in [0.15, 0.2) is 15.8 Å². The molecular formula is C18H27N3O4S2. The summed E-state index contributed by atoms with van der Waals surface area (Å²) in [5.41, 5.74) is 11.2. The zero-order valence-corrected chi connectivity index (χ0v) is 17.4. The van der Waals surface area contributed by atoms with Gasteiger partial charge in [-0.1, -0.05) is 32.6 Å². The number of hydrogen-bond donors (Lipinski definition) is 2. The first-order valence-electron chi connectivity index (χ1n) is 9.06. The van der Waals surface area contributed by atoms with Crippen molar-refractivity contribution in [2.45, 2.75) is 66.9 Å². The molecule has 9 heteroatoms. The van der Waals surface area contributed by atoms with Gasteiger partial charge >= 0.3 is 0 Å². The predicted octanol–water partition coefficient (Wildman–Crippen LogP) is 1.90. The second-order valence-electron chi connectivity index (χ2n) is 6.83. The molecule has 2 rings (SSSR count). The second-order valence-corrected chi connectivity index (χ2v) is 10.5. The van der Waals surface area contributed by atoms with Gasteiger partial charge < -0.3 is 11.5 Å². The lowest BCUT2D eigenvalue weighted by Crippen LogP contribution is -2.24. The van der Waals surface area contributed by atoms with Gasteiger partial charge in [-0.3, -0.25) is 9.00 Å². The van der Waals surface area contributed by atoms with E-state index in [1.165, 1.54) is 6.07 Å². The molecule has 4 N–H and O–H groups in total. The van der Waals surface area contributed by atoms with Crippen LogP contribution >= 0.6 is 0 Å². The summed E-state index contributed by atoms with van der Waals surface area (Å²) in [6.45, 7) is 1.83. The number of carbonyl (C=O) groups excluding carboxylic acids is 1. The van der Waals surface area contributed by atoms with E-state index in [1.54, 1.807) is 6.07 Å². The fraction of sp³-hybridized carbons (Fsp3) is 0.556. The summed E-state index contributed by atoms with van der Waals surface area (Å²) in [5, 5.41) is -0.0723. The molecule has 1 aliphatic rings. The molecule has 1 aliphatic carbocycles. The van der Waals surface area contributed by atoms with E-state index in [2.05, 4.69) is 4.99 Å². The van der Waals surface area contributed by atoms with Crippen LogP contribution in [0.2, 0.25) is 0 Å². The maximum atomic E-state index is 13.2. The Morgan fingerprint density at radius 2 is 1.78 bits per heavy atom. The van der Waals surface area contributed by atoms with Crippen LogP contribution in [0.4, 0.5) is 0 Å². The van der Waals surface area contributed by atoms with Gasteiger partial charge in [-0.05, 0) is 37.0 Å². The highest BCUT2D eigenvalue weighted by Crippen LogP contribution is 2.31. The van der Waals surface area contributed by atoms with Crippen molar-refractivity contribution in [3.8, 4) is 0 Å². The summed E-state index contributed by atoms with van der Waals surface area (Å²) >= 11 is 0. The molecule has 0 bridgehead atoms. The normalized spacial score (nSPS) is 17.1. The molecule has 0 aliphatic heterocycles. The van der Waals surface area contributed by atoms with Crippen LogP contribution in [0.3, 0.4) is 0 Å². The minimum Gasteiger partial charge on any atom is -0.370 e. The molecule has 7 nitrogen and oxygen atoms in total. The van der Waals surface area contributed by atoms with Crippen LogP contribution in [0.1, 0.15) is 61.4 Å². The van der Waals surface area contributed by atoms with Gasteiger partial charge in [0.2, 0.25) is 0 Å². The zero-order valence-electron chi connectivity index (χ0n) is 15.7. The molecule has 150 valence electrons. The quantitative estimate of drug-likeness (QED) is 0.430. The molecule has 0 saturated heterocycles. The van der Waals surface area contributed by atoms with E-state index in [0.717, 1.165) is 44.8 Å². The Hall–Kier alpha value is -1.74. The van der Waals surface area contributed by atoms with Crippen molar-refractivity contribution in [3.63, 3.8) is 0 Å². The molecule has 1 aromatic carbocycles. The van der Waals surface area contributed by atoms with Crippen molar-refractivity contribution in [1.82, 2.24) is 0 Å². The third kappa shape index (κ3) is 5.38. The molecule has 0 heterocycles. The molecule has 1 fully saturated rings. The summed E-state index contributed by atoms with van der Waals surface area (Å²) in [6, 6.07) is 2.85. The van der Waals surface area contributed by atoms with Crippen molar-refractivity contribution in [2.24, 2.45) is 16.5 Å². The Labute approximate surface area is 163 Å². The Balaban J connectivity index is 2.61. The van der Waals surface area contributed by atoms with E-state index >= 15 is 0 Å². The first-order chi connectivity index (χ1) is 12.6. The third-order valence-electron chi connectivity index (χ3n) is 4.73. The fourth-order valence-electron chi connectivity index (χ4n) is 3.35. The maximum absolute atomic E-state index is 13.2. The summed E-state index contributed by atoms with van der Waals surface area (Å²) in [7, 11) is -5.15. The minimum atomic E-state index is -3.69. The van der Waals surface area contributed by atoms with Crippen molar-refractivity contribution in [2.75, 3.05) is 6.26 Å². The van der Waals surface area contributed by atoms with Gasteiger partial charge in [0.25, 0.3) is 5.91 Å². The number of rotatable bonds is 5. The number of sulfone groups is 1. The van der Waals surface area contributed by atoms with Gasteiger partial charge in [0.1, 0.15) is 0 Å². The van der Waals surface area contributed by atoms with Crippen LogP contribution in [0, 0.1) is 0 Å². The van der Waals surface area contributed by atoms with Crippen LogP contribution < -0.4 is 11.5 Å². The number of aryl methyl sites for hydroxylation is 1. The van der Waals surface area contributed by atoms with E-state index in [9.17, 15) is 17.4 Å². The Morgan fingerprint density at radius 3 is 2.26 bits per heavy atom. The Bertz CT molecular complexity index is 867. The molecule has 1 unspecified atom stereocenters. The first-order valence-corrected chi connectivity index (χ1v) is 12.2. The van der Waals surface area contributed by atoms with Gasteiger partial charge in [0.05, 0.1) is 20.6 Å². The van der Waals surface area contributed by atoms with Crippen molar-refractivity contribution >= 4 is 32.5 Å². The van der Waals surface area contributed by atoms with E-state index < -0.39 is 32.5 Å². The highest BCUT2D eigenvalue weighted by atomic mass is 32.2. The molecule has 27 heavy (non-hydrogen) atoms. The lowest BCUT2D eigenvalue weighted by atomic mass is 10.0. The SMILES string of the molecule is CCc1cc(S(=O)C2CCCCCC2)c(S(C)(=O)=O)cc1C(=O)N=C(N)N. The van der Waals surface area contributed by atoms with Crippen molar-refractivity contribution in [1.29, 1.82) is 0 Å². The molecule has 0 spiro atoms.